The number of hydrogen-bond acceptors (Lipinski definition) is 8. The van der Waals surface area contributed by atoms with Gasteiger partial charge in [-0.25, -0.2) is 5.10 Å². The van der Waals surface area contributed by atoms with Crippen molar-refractivity contribution in [3.63, 3.8) is 0 Å². The van der Waals surface area contributed by atoms with Crippen LogP contribution in [0, 0.1) is 4.77 Å². The maximum Gasteiger partial charge on any atom is 0.287 e. The normalized spacial score (nSPS) is 13.3. The van der Waals surface area contributed by atoms with E-state index in [2.05, 4.69) is 41.0 Å². The number of para-hydroxylation sites is 1. The summed E-state index contributed by atoms with van der Waals surface area (Å²) in [7, 11) is 0. The van der Waals surface area contributed by atoms with Crippen LogP contribution in [-0.2, 0) is 0 Å². The van der Waals surface area contributed by atoms with Crippen LogP contribution in [0.15, 0.2) is 62.9 Å². The molecule has 0 atom stereocenters. The summed E-state index contributed by atoms with van der Waals surface area (Å²) in [6.07, 6.45) is 3.28. The molecular weight excluding hydrogens is 390 g/mol. The average molecular weight is 403 g/mol. The average Bonchev–Trinajstić information content (AvgIpc) is 3.41. The van der Waals surface area contributed by atoms with Crippen LogP contribution >= 0.6 is 12.2 Å². The van der Waals surface area contributed by atoms with Crippen LogP contribution < -0.4 is 16.0 Å². The molecule has 2 aromatic carbocycles. The fraction of sp³-hybridized carbons (Fsp3) is 0. The Bertz CT molecular complexity index is 1480. The largest absolute Gasteiger partial charge is 0.493 e. The number of nitrogens with one attached hydrogen (secondary N) is 3. The molecule has 0 amide bonds. The van der Waals surface area contributed by atoms with Crippen LogP contribution in [0.2, 0.25) is 0 Å². The Morgan fingerprint density at radius 2 is 2.10 bits per heavy atom. The first-order chi connectivity index (χ1) is 14.2. The summed E-state index contributed by atoms with van der Waals surface area (Å²) >= 11 is 5.26. The quantitative estimate of drug-likeness (QED) is 0.308. The Balaban J connectivity index is 1.47. The Labute approximate surface area is 167 Å². The van der Waals surface area contributed by atoms with Crippen molar-refractivity contribution in [3.8, 4) is 5.88 Å². The van der Waals surface area contributed by atoms with E-state index in [9.17, 15) is 5.11 Å². The molecule has 4 aromatic rings. The van der Waals surface area contributed by atoms with E-state index in [1.165, 1.54) is 4.68 Å². The van der Waals surface area contributed by atoms with E-state index in [0.717, 1.165) is 27.0 Å². The summed E-state index contributed by atoms with van der Waals surface area (Å²) < 4.78 is 1.70. The molecule has 0 saturated carbocycles. The van der Waals surface area contributed by atoms with Crippen molar-refractivity contribution in [1.29, 1.82) is 0 Å². The molecule has 3 heterocycles. The van der Waals surface area contributed by atoms with E-state index >= 15 is 0 Å². The van der Waals surface area contributed by atoms with Crippen LogP contribution in [0.1, 0.15) is 5.56 Å². The highest BCUT2D eigenvalue weighted by Gasteiger charge is 2.13. The third-order valence-corrected chi connectivity index (χ3v) is 4.61. The van der Waals surface area contributed by atoms with Crippen molar-refractivity contribution in [1.82, 2.24) is 19.9 Å². The summed E-state index contributed by atoms with van der Waals surface area (Å²) in [5.74, 6) is 0.183. The highest BCUT2D eigenvalue weighted by molar-refractivity contribution is 7.71. The standard InChI is InChI=1S/C18H13N9OS/c28-16-15(12-3-1-2-4-14(12)21-16)26-27-17(24-25-18(27)29)23-19-8-10-5-6-13-11(7-10)9-20-22-13/h1-9,21,26,28H,(H,25,29)/b10-8-,23-19?. The SMILES string of the molecule is Oc1[nH]c2ccccc2c1Nn1c(N=N/C=c2/ccc3c(c2)C=NN=3)n[nH]c1=S. The Hall–Kier alpha value is -4.12. The molecule has 0 saturated heterocycles. The van der Waals surface area contributed by atoms with Crippen molar-refractivity contribution >= 4 is 47.2 Å². The maximum absolute atomic E-state index is 10.2. The minimum atomic E-state index is -0.0195. The molecule has 4 N–H and O–H groups in total. The van der Waals surface area contributed by atoms with Gasteiger partial charge in [-0.2, -0.15) is 20.0 Å². The summed E-state index contributed by atoms with van der Waals surface area (Å²) in [4.78, 5) is 2.90. The zero-order chi connectivity index (χ0) is 19.8. The molecule has 0 unspecified atom stereocenters. The van der Waals surface area contributed by atoms with Crippen molar-refractivity contribution in [2.75, 3.05) is 5.43 Å². The molecule has 0 bridgehead atoms. The van der Waals surface area contributed by atoms with Crippen LogP contribution in [0.4, 0.5) is 11.6 Å². The minimum absolute atomic E-state index is 0.0195. The molecule has 0 spiro atoms. The van der Waals surface area contributed by atoms with Crippen LogP contribution in [-0.4, -0.2) is 31.2 Å². The third kappa shape index (κ3) is 3.08. The second kappa shape index (κ2) is 6.80. The van der Waals surface area contributed by atoms with Gasteiger partial charge in [-0.15, -0.1) is 10.2 Å². The van der Waals surface area contributed by atoms with Crippen molar-refractivity contribution in [2.24, 2.45) is 20.4 Å². The lowest BCUT2D eigenvalue weighted by Crippen LogP contribution is -2.11. The van der Waals surface area contributed by atoms with Gasteiger partial charge in [-0.1, -0.05) is 24.3 Å². The summed E-state index contributed by atoms with van der Waals surface area (Å²) in [6, 6.07) is 13.1. The molecule has 1 aliphatic rings. The number of aromatic nitrogens is 4. The predicted octanol–water partition coefficient (Wildman–Crippen LogP) is 2.49. The van der Waals surface area contributed by atoms with E-state index in [0.29, 0.717) is 5.69 Å². The molecule has 10 nitrogen and oxygen atoms in total. The number of benzene rings is 2. The number of nitrogens with zero attached hydrogens (tertiary/aromatic N) is 6. The number of fused-ring (bicyclic) bond motifs is 2. The Kier molecular flexibility index (Phi) is 3.99. The van der Waals surface area contributed by atoms with E-state index in [4.69, 9.17) is 12.2 Å². The highest BCUT2D eigenvalue weighted by atomic mass is 32.1. The van der Waals surface area contributed by atoms with Gasteiger partial charge in [0, 0.05) is 10.9 Å². The van der Waals surface area contributed by atoms with Gasteiger partial charge in [-0.3, -0.25) is 5.43 Å². The molecule has 29 heavy (non-hydrogen) atoms. The van der Waals surface area contributed by atoms with E-state index in [-0.39, 0.29) is 16.6 Å². The van der Waals surface area contributed by atoms with Crippen molar-refractivity contribution < 1.29 is 5.11 Å². The molecule has 0 fully saturated rings. The Morgan fingerprint density at radius 1 is 1.21 bits per heavy atom. The van der Waals surface area contributed by atoms with E-state index < -0.39 is 0 Å². The van der Waals surface area contributed by atoms with E-state index in [1.807, 2.05) is 42.5 Å². The lowest BCUT2D eigenvalue weighted by molar-refractivity contribution is 0.459. The van der Waals surface area contributed by atoms with Crippen molar-refractivity contribution in [2.45, 2.75) is 0 Å². The minimum Gasteiger partial charge on any atom is -0.493 e. The first-order valence-electron chi connectivity index (χ1n) is 8.55. The first-order valence-corrected chi connectivity index (χ1v) is 8.96. The zero-order valence-electron chi connectivity index (χ0n) is 14.7. The Morgan fingerprint density at radius 3 is 3.03 bits per heavy atom. The zero-order valence-corrected chi connectivity index (χ0v) is 15.6. The number of anilines is 1. The lowest BCUT2D eigenvalue weighted by atomic mass is 10.2. The van der Waals surface area contributed by atoms with Gasteiger partial charge in [0.1, 0.15) is 5.69 Å². The number of hydrogen-bond donors (Lipinski definition) is 4. The van der Waals surface area contributed by atoms with Gasteiger partial charge < -0.3 is 10.1 Å². The molecule has 142 valence electrons. The number of aromatic hydroxyl groups is 1. The molecule has 0 radical (unpaired) electrons. The predicted molar refractivity (Wildman–Crippen MR) is 110 cm³/mol. The summed E-state index contributed by atoms with van der Waals surface area (Å²) in [5.41, 5.74) is 5.20. The second-order valence-corrected chi connectivity index (χ2v) is 6.56. The molecular formula is C18H13N9OS. The van der Waals surface area contributed by atoms with Gasteiger partial charge in [0.2, 0.25) is 10.7 Å². The van der Waals surface area contributed by atoms with Gasteiger partial charge in [0.15, 0.2) is 0 Å². The topological polar surface area (TPSA) is 131 Å². The first kappa shape index (κ1) is 17.0. The smallest absolute Gasteiger partial charge is 0.287 e. The van der Waals surface area contributed by atoms with Crippen LogP contribution in [0.25, 0.3) is 17.1 Å². The highest BCUT2D eigenvalue weighted by Crippen LogP contribution is 2.32. The summed E-state index contributed by atoms with van der Waals surface area (Å²) in [5, 5.41) is 35.5. The molecule has 1 aliphatic heterocycles. The monoisotopic (exact) mass is 403 g/mol. The second-order valence-electron chi connectivity index (χ2n) is 6.18. The third-order valence-electron chi connectivity index (χ3n) is 4.33. The fourth-order valence-electron chi connectivity index (χ4n) is 2.96. The van der Waals surface area contributed by atoms with E-state index in [1.54, 1.807) is 12.4 Å². The number of azo groups is 1. The number of H-pyrrole nitrogens is 2. The van der Waals surface area contributed by atoms with Crippen LogP contribution in [0.5, 0.6) is 5.88 Å². The van der Waals surface area contributed by atoms with Gasteiger partial charge in [0.05, 0.1) is 23.3 Å². The molecule has 2 aromatic heterocycles. The lowest BCUT2D eigenvalue weighted by Gasteiger charge is -2.06. The van der Waals surface area contributed by atoms with Gasteiger partial charge >= 0.3 is 0 Å². The number of rotatable bonds is 4. The van der Waals surface area contributed by atoms with Gasteiger partial charge in [0.25, 0.3) is 5.95 Å². The molecule has 11 heteroatoms. The molecule has 0 aliphatic carbocycles. The van der Waals surface area contributed by atoms with Crippen molar-refractivity contribution in [3.05, 3.63) is 63.4 Å². The van der Waals surface area contributed by atoms with Crippen LogP contribution in [0.3, 0.4) is 0 Å². The summed E-state index contributed by atoms with van der Waals surface area (Å²) in [6.45, 7) is 0. The number of aromatic amines is 2. The molecule has 5 rings (SSSR count). The fourth-order valence-corrected chi connectivity index (χ4v) is 3.13. The van der Waals surface area contributed by atoms with Gasteiger partial charge in [-0.05, 0) is 35.6 Å². The maximum atomic E-state index is 10.2.